The Hall–Kier alpha value is -1.36. The second kappa shape index (κ2) is 6.27. The van der Waals surface area contributed by atoms with Gasteiger partial charge < -0.3 is 15.0 Å². The van der Waals surface area contributed by atoms with Gasteiger partial charge in [0.15, 0.2) is 0 Å². The molecule has 0 atom stereocenters. The number of aromatic nitrogens is 2. The van der Waals surface area contributed by atoms with Crippen LogP contribution in [0.3, 0.4) is 0 Å². The molecule has 1 aromatic heterocycles. The Bertz CT molecular complexity index is 330. The number of rotatable bonds is 6. The Balaban J connectivity index is 2.69. The molecule has 0 spiro atoms. The Morgan fingerprint density at radius 2 is 2.25 bits per heavy atom. The highest BCUT2D eigenvalue weighted by molar-refractivity contribution is 5.48. The number of nitrogens with zero attached hydrogens (tertiary/aromatic N) is 3. The van der Waals surface area contributed by atoms with Crippen molar-refractivity contribution in [1.29, 1.82) is 0 Å². The van der Waals surface area contributed by atoms with Gasteiger partial charge in [-0.1, -0.05) is 0 Å². The summed E-state index contributed by atoms with van der Waals surface area (Å²) in [5.74, 6) is 1.62. The quantitative estimate of drug-likeness (QED) is 0.738. The minimum absolute atomic E-state index is 0.652. The molecule has 0 aliphatic rings. The standard InChI is InChI=1S/C11H20N4O/c1-9-8-13-11(12-2)14-10(9)15(3)6-5-7-16-4/h8H,5-7H2,1-4H3,(H,12,13,14). The molecule has 5 heteroatoms. The lowest BCUT2D eigenvalue weighted by Crippen LogP contribution is -2.22. The number of hydrogen-bond donors (Lipinski definition) is 1. The van der Waals surface area contributed by atoms with Crippen LogP contribution in [-0.4, -0.2) is 44.3 Å². The smallest absolute Gasteiger partial charge is 0.224 e. The number of aryl methyl sites for hydroxylation is 1. The first-order chi connectivity index (χ1) is 7.69. The number of anilines is 2. The molecule has 1 heterocycles. The van der Waals surface area contributed by atoms with Crippen LogP contribution in [0.2, 0.25) is 0 Å². The Labute approximate surface area is 96.8 Å². The minimum Gasteiger partial charge on any atom is -0.385 e. The third-order valence-corrected chi connectivity index (χ3v) is 2.37. The highest BCUT2D eigenvalue weighted by Gasteiger charge is 2.07. The van der Waals surface area contributed by atoms with E-state index in [0.717, 1.165) is 31.0 Å². The van der Waals surface area contributed by atoms with Gasteiger partial charge >= 0.3 is 0 Å². The summed E-state index contributed by atoms with van der Waals surface area (Å²) in [4.78, 5) is 10.7. The fourth-order valence-corrected chi connectivity index (χ4v) is 1.49. The molecule has 5 nitrogen and oxygen atoms in total. The van der Waals surface area contributed by atoms with Crippen molar-refractivity contribution in [3.05, 3.63) is 11.8 Å². The Morgan fingerprint density at radius 1 is 1.50 bits per heavy atom. The molecule has 16 heavy (non-hydrogen) atoms. The maximum absolute atomic E-state index is 5.03. The maximum atomic E-state index is 5.03. The predicted molar refractivity (Wildman–Crippen MR) is 66.1 cm³/mol. The number of hydrogen-bond acceptors (Lipinski definition) is 5. The van der Waals surface area contributed by atoms with Crippen LogP contribution in [0, 0.1) is 6.92 Å². The van der Waals surface area contributed by atoms with Gasteiger partial charge in [-0.25, -0.2) is 4.98 Å². The minimum atomic E-state index is 0.652. The summed E-state index contributed by atoms with van der Waals surface area (Å²) in [7, 11) is 5.57. The van der Waals surface area contributed by atoms with Crippen molar-refractivity contribution in [2.45, 2.75) is 13.3 Å². The van der Waals surface area contributed by atoms with Gasteiger partial charge in [-0.15, -0.1) is 0 Å². The Morgan fingerprint density at radius 3 is 2.88 bits per heavy atom. The van der Waals surface area contributed by atoms with Crippen molar-refractivity contribution < 1.29 is 4.74 Å². The van der Waals surface area contributed by atoms with E-state index in [1.165, 1.54) is 0 Å². The van der Waals surface area contributed by atoms with Crippen LogP contribution in [0.1, 0.15) is 12.0 Å². The van der Waals surface area contributed by atoms with Gasteiger partial charge in [-0.3, -0.25) is 0 Å². The van der Waals surface area contributed by atoms with Crippen molar-refractivity contribution in [3.8, 4) is 0 Å². The van der Waals surface area contributed by atoms with E-state index in [1.54, 1.807) is 7.11 Å². The van der Waals surface area contributed by atoms with Gasteiger partial charge in [-0.2, -0.15) is 4.98 Å². The molecule has 0 aliphatic heterocycles. The van der Waals surface area contributed by atoms with Crippen molar-refractivity contribution in [1.82, 2.24) is 9.97 Å². The van der Waals surface area contributed by atoms with Crippen LogP contribution < -0.4 is 10.2 Å². The molecular weight excluding hydrogens is 204 g/mol. The molecule has 0 fully saturated rings. The lowest BCUT2D eigenvalue weighted by molar-refractivity contribution is 0.196. The number of methoxy groups -OCH3 is 1. The highest BCUT2D eigenvalue weighted by atomic mass is 16.5. The second-order valence-corrected chi connectivity index (χ2v) is 3.72. The predicted octanol–water partition coefficient (Wildman–Crippen LogP) is 1.30. The van der Waals surface area contributed by atoms with E-state index in [9.17, 15) is 0 Å². The SMILES string of the molecule is CNc1ncc(C)c(N(C)CCCOC)n1. The van der Waals surface area contributed by atoms with Crippen LogP contribution in [0.15, 0.2) is 6.20 Å². The fourth-order valence-electron chi connectivity index (χ4n) is 1.49. The summed E-state index contributed by atoms with van der Waals surface area (Å²) in [5.41, 5.74) is 1.08. The van der Waals surface area contributed by atoms with Crippen molar-refractivity contribution >= 4 is 11.8 Å². The summed E-state index contributed by atoms with van der Waals surface area (Å²) >= 11 is 0. The summed E-state index contributed by atoms with van der Waals surface area (Å²) in [6, 6.07) is 0. The molecule has 0 saturated carbocycles. The van der Waals surface area contributed by atoms with E-state index in [1.807, 2.05) is 27.2 Å². The zero-order valence-electron chi connectivity index (χ0n) is 10.4. The van der Waals surface area contributed by atoms with Gasteiger partial charge in [0.05, 0.1) is 0 Å². The first-order valence-electron chi connectivity index (χ1n) is 5.40. The largest absolute Gasteiger partial charge is 0.385 e. The van der Waals surface area contributed by atoms with E-state index in [-0.39, 0.29) is 0 Å². The van der Waals surface area contributed by atoms with E-state index >= 15 is 0 Å². The molecule has 0 amide bonds. The molecule has 0 saturated heterocycles. The molecule has 1 rings (SSSR count). The monoisotopic (exact) mass is 224 g/mol. The second-order valence-electron chi connectivity index (χ2n) is 3.72. The molecule has 0 unspecified atom stereocenters. The van der Waals surface area contributed by atoms with E-state index in [0.29, 0.717) is 5.95 Å². The van der Waals surface area contributed by atoms with Crippen LogP contribution in [0.5, 0.6) is 0 Å². The van der Waals surface area contributed by atoms with Crippen molar-refractivity contribution in [2.75, 3.05) is 44.6 Å². The third kappa shape index (κ3) is 3.34. The van der Waals surface area contributed by atoms with Crippen molar-refractivity contribution in [2.24, 2.45) is 0 Å². The van der Waals surface area contributed by atoms with E-state index in [2.05, 4.69) is 20.2 Å². The molecule has 0 aromatic carbocycles. The van der Waals surface area contributed by atoms with Crippen LogP contribution in [-0.2, 0) is 4.74 Å². The van der Waals surface area contributed by atoms with Gasteiger partial charge in [0.1, 0.15) is 5.82 Å². The molecule has 0 aliphatic carbocycles. The number of ether oxygens (including phenoxy) is 1. The summed E-state index contributed by atoms with van der Waals surface area (Å²) in [6.07, 6.45) is 2.83. The molecule has 0 radical (unpaired) electrons. The average Bonchev–Trinajstić information content (AvgIpc) is 2.30. The van der Waals surface area contributed by atoms with Gasteiger partial charge in [0, 0.05) is 46.1 Å². The molecule has 1 N–H and O–H groups in total. The first-order valence-corrected chi connectivity index (χ1v) is 5.40. The van der Waals surface area contributed by atoms with E-state index in [4.69, 9.17) is 4.74 Å². The molecule has 90 valence electrons. The third-order valence-electron chi connectivity index (χ3n) is 2.37. The van der Waals surface area contributed by atoms with Crippen molar-refractivity contribution in [3.63, 3.8) is 0 Å². The maximum Gasteiger partial charge on any atom is 0.224 e. The van der Waals surface area contributed by atoms with Gasteiger partial charge in [0.25, 0.3) is 0 Å². The topological polar surface area (TPSA) is 50.3 Å². The number of nitrogens with one attached hydrogen (secondary N) is 1. The summed E-state index contributed by atoms with van der Waals surface area (Å²) in [6.45, 7) is 3.71. The molecular formula is C11H20N4O. The lowest BCUT2D eigenvalue weighted by Gasteiger charge is -2.20. The van der Waals surface area contributed by atoms with E-state index < -0.39 is 0 Å². The normalized spacial score (nSPS) is 10.2. The highest BCUT2D eigenvalue weighted by Crippen LogP contribution is 2.16. The molecule has 1 aromatic rings. The zero-order valence-corrected chi connectivity index (χ0v) is 10.4. The van der Waals surface area contributed by atoms with Crippen LogP contribution in [0.25, 0.3) is 0 Å². The van der Waals surface area contributed by atoms with Crippen LogP contribution in [0.4, 0.5) is 11.8 Å². The van der Waals surface area contributed by atoms with Gasteiger partial charge in [0.2, 0.25) is 5.95 Å². The Kier molecular flexibility index (Phi) is 4.98. The summed E-state index contributed by atoms with van der Waals surface area (Å²) in [5, 5.41) is 2.94. The van der Waals surface area contributed by atoms with Crippen LogP contribution >= 0.6 is 0 Å². The first kappa shape index (κ1) is 12.7. The zero-order chi connectivity index (χ0) is 12.0. The summed E-state index contributed by atoms with van der Waals surface area (Å²) < 4.78 is 5.03. The molecule has 0 bridgehead atoms. The fraction of sp³-hybridized carbons (Fsp3) is 0.636. The van der Waals surface area contributed by atoms with Gasteiger partial charge in [-0.05, 0) is 13.3 Å². The average molecular weight is 224 g/mol. The lowest BCUT2D eigenvalue weighted by atomic mass is 10.3.